The van der Waals surface area contributed by atoms with Gasteiger partial charge in [-0.25, -0.2) is 4.79 Å². The van der Waals surface area contributed by atoms with E-state index < -0.39 is 5.54 Å². The lowest BCUT2D eigenvalue weighted by molar-refractivity contribution is -0.151. The van der Waals surface area contributed by atoms with Gasteiger partial charge < -0.3 is 10.1 Å². The lowest BCUT2D eigenvalue weighted by atomic mass is 9.92. The predicted octanol–water partition coefficient (Wildman–Crippen LogP) is -0.253. The highest BCUT2D eigenvalue weighted by Crippen LogP contribution is 2.13. The topological polar surface area (TPSA) is 50.4 Å². The van der Waals surface area contributed by atoms with Crippen LogP contribution in [0.5, 0.6) is 0 Å². The summed E-state index contributed by atoms with van der Waals surface area (Å²) in [5.41, 5.74) is -0.459. The molecule has 4 heteroatoms. The molecule has 1 saturated heterocycles. The zero-order valence-corrected chi connectivity index (χ0v) is 8.52. The third kappa shape index (κ3) is 2.19. The second kappa shape index (κ2) is 4.07. The smallest absolute Gasteiger partial charge is 0.328 e. The van der Waals surface area contributed by atoms with Gasteiger partial charge in [-0.3, -0.25) is 5.32 Å². The van der Waals surface area contributed by atoms with Crippen LogP contribution in [0.15, 0.2) is 0 Å². The van der Waals surface area contributed by atoms with Crippen LogP contribution < -0.4 is 10.6 Å². The van der Waals surface area contributed by atoms with Crippen molar-refractivity contribution in [3.05, 3.63) is 0 Å². The third-order valence-corrected chi connectivity index (χ3v) is 2.28. The molecular weight excluding hydrogens is 168 g/mol. The second-order valence-electron chi connectivity index (χ2n) is 3.95. The Morgan fingerprint density at radius 1 is 1.62 bits per heavy atom. The SMILES string of the molecule is COC(=O)C1(NCC(C)C)CNC1. The van der Waals surface area contributed by atoms with E-state index in [0.29, 0.717) is 19.0 Å². The third-order valence-electron chi connectivity index (χ3n) is 2.28. The van der Waals surface area contributed by atoms with E-state index >= 15 is 0 Å². The molecule has 0 saturated carbocycles. The van der Waals surface area contributed by atoms with E-state index in [0.717, 1.165) is 6.54 Å². The molecule has 0 bridgehead atoms. The fourth-order valence-electron chi connectivity index (χ4n) is 1.31. The highest BCUT2D eigenvalue weighted by Gasteiger charge is 2.44. The predicted molar refractivity (Wildman–Crippen MR) is 50.5 cm³/mol. The molecule has 0 amide bonds. The van der Waals surface area contributed by atoms with E-state index in [4.69, 9.17) is 4.74 Å². The molecule has 13 heavy (non-hydrogen) atoms. The Bertz CT molecular complexity index is 188. The van der Waals surface area contributed by atoms with E-state index in [-0.39, 0.29) is 5.97 Å². The highest BCUT2D eigenvalue weighted by molar-refractivity contribution is 5.82. The molecule has 0 atom stereocenters. The Morgan fingerprint density at radius 3 is 2.54 bits per heavy atom. The standard InChI is InChI=1S/C9H18N2O2/c1-7(2)4-11-9(5-10-6-9)8(12)13-3/h7,10-11H,4-6H2,1-3H3. The molecule has 4 nitrogen and oxygen atoms in total. The lowest BCUT2D eigenvalue weighted by Gasteiger charge is -2.40. The normalized spacial score (nSPS) is 19.7. The first-order valence-electron chi connectivity index (χ1n) is 4.65. The van der Waals surface area contributed by atoms with Gasteiger partial charge >= 0.3 is 5.97 Å². The molecule has 0 spiro atoms. The van der Waals surface area contributed by atoms with Crippen molar-refractivity contribution in [1.29, 1.82) is 0 Å². The number of ether oxygens (including phenoxy) is 1. The summed E-state index contributed by atoms with van der Waals surface area (Å²) in [5, 5.41) is 6.32. The largest absolute Gasteiger partial charge is 0.468 e. The van der Waals surface area contributed by atoms with Crippen LogP contribution in [0.4, 0.5) is 0 Å². The average Bonchev–Trinajstić information content (AvgIpc) is 2.01. The van der Waals surface area contributed by atoms with E-state index in [2.05, 4.69) is 24.5 Å². The van der Waals surface area contributed by atoms with Crippen molar-refractivity contribution in [1.82, 2.24) is 10.6 Å². The van der Waals surface area contributed by atoms with Gasteiger partial charge in [0.1, 0.15) is 5.54 Å². The van der Waals surface area contributed by atoms with Gasteiger partial charge in [-0.1, -0.05) is 13.8 Å². The van der Waals surface area contributed by atoms with Crippen molar-refractivity contribution in [2.75, 3.05) is 26.7 Å². The average molecular weight is 186 g/mol. The zero-order valence-electron chi connectivity index (χ0n) is 8.52. The van der Waals surface area contributed by atoms with E-state index in [1.165, 1.54) is 7.11 Å². The van der Waals surface area contributed by atoms with Crippen LogP contribution >= 0.6 is 0 Å². The highest BCUT2D eigenvalue weighted by atomic mass is 16.5. The quantitative estimate of drug-likeness (QED) is 0.594. The Labute approximate surface area is 79.0 Å². The Balaban J connectivity index is 2.45. The van der Waals surface area contributed by atoms with Crippen molar-refractivity contribution in [3.63, 3.8) is 0 Å². The number of methoxy groups -OCH3 is 1. The van der Waals surface area contributed by atoms with Gasteiger partial charge in [0.05, 0.1) is 7.11 Å². The molecule has 1 fully saturated rings. The maximum Gasteiger partial charge on any atom is 0.328 e. The summed E-state index contributed by atoms with van der Waals surface area (Å²) in [6.07, 6.45) is 0. The number of hydrogen-bond donors (Lipinski definition) is 2. The van der Waals surface area contributed by atoms with Crippen LogP contribution in [0, 0.1) is 5.92 Å². The molecule has 1 heterocycles. The van der Waals surface area contributed by atoms with Crippen molar-refractivity contribution in [3.8, 4) is 0 Å². The summed E-state index contributed by atoms with van der Waals surface area (Å²) in [5.74, 6) is 0.383. The number of hydrogen-bond acceptors (Lipinski definition) is 4. The lowest BCUT2D eigenvalue weighted by Crippen LogP contribution is -2.72. The molecule has 1 aliphatic rings. The van der Waals surface area contributed by atoms with E-state index in [9.17, 15) is 4.79 Å². The fraction of sp³-hybridized carbons (Fsp3) is 0.889. The van der Waals surface area contributed by atoms with Crippen molar-refractivity contribution in [2.24, 2.45) is 5.92 Å². The molecule has 1 rings (SSSR count). The molecule has 0 aliphatic carbocycles. The van der Waals surface area contributed by atoms with Gasteiger partial charge in [0.2, 0.25) is 0 Å². The number of carbonyl (C=O) groups is 1. The summed E-state index contributed by atoms with van der Waals surface area (Å²) in [6, 6.07) is 0. The summed E-state index contributed by atoms with van der Waals surface area (Å²) >= 11 is 0. The summed E-state index contributed by atoms with van der Waals surface area (Å²) in [4.78, 5) is 11.4. The van der Waals surface area contributed by atoms with Crippen molar-refractivity contribution < 1.29 is 9.53 Å². The van der Waals surface area contributed by atoms with Crippen LogP contribution in [0.1, 0.15) is 13.8 Å². The minimum absolute atomic E-state index is 0.160. The maximum atomic E-state index is 11.4. The number of esters is 1. The Hall–Kier alpha value is -0.610. The minimum Gasteiger partial charge on any atom is -0.468 e. The molecule has 1 aliphatic heterocycles. The second-order valence-corrected chi connectivity index (χ2v) is 3.95. The Morgan fingerprint density at radius 2 is 2.23 bits per heavy atom. The first-order valence-corrected chi connectivity index (χ1v) is 4.65. The van der Waals surface area contributed by atoms with E-state index in [1.807, 2.05) is 0 Å². The zero-order chi connectivity index (χ0) is 9.90. The molecule has 0 aromatic carbocycles. The van der Waals surface area contributed by atoms with E-state index in [1.54, 1.807) is 0 Å². The first kappa shape index (κ1) is 10.5. The first-order chi connectivity index (χ1) is 6.10. The maximum absolute atomic E-state index is 11.4. The van der Waals surface area contributed by atoms with Crippen LogP contribution in [0.3, 0.4) is 0 Å². The van der Waals surface area contributed by atoms with Gasteiger partial charge in [-0.15, -0.1) is 0 Å². The van der Waals surface area contributed by atoms with Gasteiger partial charge in [0.15, 0.2) is 0 Å². The minimum atomic E-state index is -0.459. The summed E-state index contributed by atoms with van der Waals surface area (Å²) in [7, 11) is 1.43. The molecule has 0 radical (unpaired) electrons. The Kier molecular flexibility index (Phi) is 3.27. The van der Waals surface area contributed by atoms with Crippen LogP contribution in [-0.4, -0.2) is 38.3 Å². The molecule has 0 aromatic heterocycles. The summed E-state index contributed by atoms with van der Waals surface area (Å²) < 4.78 is 4.75. The van der Waals surface area contributed by atoms with Crippen LogP contribution in [0.25, 0.3) is 0 Å². The molecule has 0 aromatic rings. The van der Waals surface area contributed by atoms with Gasteiger partial charge in [0.25, 0.3) is 0 Å². The van der Waals surface area contributed by atoms with Gasteiger partial charge in [0, 0.05) is 13.1 Å². The van der Waals surface area contributed by atoms with Gasteiger partial charge in [-0.2, -0.15) is 0 Å². The molecule has 2 N–H and O–H groups in total. The molecule has 76 valence electrons. The number of rotatable bonds is 4. The van der Waals surface area contributed by atoms with Crippen molar-refractivity contribution >= 4 is 5.97 Å². The van der Waals surface area contributed by atoms with Crippen LogP contribution in [0.2, 0.25) is 0 Å². The fourth-order valence-corrected chi connectivity index (χ4v) is 1.31. The van der Waals surface area contributed by atoms with Crippen molar-refractivity contribution in [2.45, 2.75) is 19.4 Å². The number of nitrogens with one attached hydrogen (secondary N) is 2. The van der Waals surface area contributed by atoms with Crippen LogP contribution in [-0.2, 0) is 9.53 Å². The molecule has 0 unspecified atom stereocenters. The molecular formula is C9H18N2O2. The van der Waals surface area contributed by atoms with Gasteiger partial charge in [-0.05, 0) is 12.5 Å². The summed E-state index contributed by atoms with van der Waals surface area (Å²) in [6.45, 7) is 6.42. The number of carbonyl (C=O) groups excluding carboxylic acids is 1. The monoisotopic (exact) mass is 186 g/mol.